The van der Waals surface area contributed by atoms with Crippen LogP contribution in [-0.4, -0.2) is 158 Å². The second-order valence-electron chi connectivity index (χ2n) is 21.9. The van der Waals surface area contributed by atoms with Crippen LogP contribution in [0.2, 0.25) is 0 Å². The van der Waals surface area contributed by atoms with E-state index in [1.165, 1.54) is 6.92 Å². The number of rotatable bonds is 45. The molecule has 0 unspecified atom stereocenters. The van der Waals surface area contributed by atoms with Crippen LogP contribution in [0.1, 0.15) is 158 Å². The molecule has 0 saturated heterocycles. The van der Waals surface area contributed by atoms with E-state index in [9.17, 15) is 47.9 Å². The molecule has 0 rings (SSSR count). The Labute approximate surface area is 500 Å². The molecular weight excluding hydrogens is 1100 g/mol. The van der Waals surface area contributed by atoms with Crippen LogP contribution >= 0.6 is 0 Å². The second-order valence-corrected chi connectivity index (χ2v) is 21.9. The minimum atomic E-state index is -1.41. The summed E-state index contributed by atoms with van der Waals surface area (Å²) in [6.45, 7) is 13.8. The number of nitrogens with two attached hydrogens (primary N) is 9. The fraction of sp³-hybridized carbons (Fsp3) is 0.741. The molecule has 0 heterocycles. The van der Waals surface area contributed by atoms with Crippen LogP contribution in [0.4, 0.5) is 0 Å². The van der Waals surface area contributed by atoms with Gasteiger partial charge in [0.25, 0.3) is 0 Å². The van der Waals surface area contributed by atoms with E-state index in [4.69, 9.17) is 51.6 Å². The number of aliphatic imine (C=N–C) groups is 4. The molecule has 0 aromatic heterocycles. The molecule has 0 aromatic carbocycles. The Morgan fingerprint density at radius 1 is 0.412 bits per heavy atom. The van der Waals surface area contributed by atoms with Crippen LogP contribution in [0.25, 0.3) is 0 Å². The average molecular weight is 1210 g/mol. The minimum absolute atomic E-state index is 0.0176. The first kappa shape index (κ1) is 77.0. The minimum Gasteiger partial charge on any atom is -0.370 e. The van der Waals surface area contributed by atoms with Crippen LogP contribution in [0.5, 0.6) is 0 Å². The molecule has 0 radical (unpaired) electrons. The first-order valence-electron chi connectivity index (χ1n) is 29.4. The number of carbonyl (C=O) groups is 10. The molecule has 484 valence electrons. The van der Waals surface area contributed by atoms with Gasteiger partial charge < -0.3 is 94.1 Å². The number of nitrogens with one attached hydrogen (secondary N) is 8. The van der Waals surface area contributed by atoms with Gasteiger partial charge in [0.05, 0.1) is 18.5 Å². The van der Waals surface area contributed by atoms with Crippen molar-refractivity contribution in [3.05, 3.63) is 0 Å². The molecule has 0 fully saturated rings. The number of Topliss-reactive ketones (excluding diaryl/α,β-unsaturated/α-hetero) is 1. The van der Waals surface area contributed by atoms with Crippen molar-refractivity contribution in [2.75, 3.05) is 32.7 Å². The molecule has 26 N–H and O–H groups in total. The predicted molar refractivity (Wildman–Crippen MR) is 327 cm³/mol. The van der Waals surface area contributed by atoms with E-state index in [0.717, 1.165) is 25.7 Å². The third-order valence-corrected chi connectivity index (χ3v) is 13.5. The number of unbranched alkanes of at least 4 members (excludes halogenated alkanes) is 4. The Balaban J connectivity index is 6.88. The van der Waals surface area contributed by atoms with Gasteiger partial charge in [-0.05, 0) is 88.9 Å². The summed E-state index contributed by atoms with van der Waals surface area (Å²) in [5.74, 6) is -10.8. The molecule has 0 aliphatic heterocycles. The highest BCUT2D eigenvalue weighted by atomic mass is 16.2. The van der Waals surface area contributed by atoms with Gasteiger partial charge in [-0.25, -0.2) is 0 Å². The first-order chi connectivity index (χ1) is 39.9. The topological polar surface area (TPSA) is 551 Å². The lowest BCUT2D eigenvalue weighted by Gasteiger charge is -2.30. The normalized spacial score (nSPS) is 14.1. The Morgan fingerprint density at radius 3 is 1.26 bits per heavy atom. The zero-order chi connectivity index (χ0) is 64.8. The van der Waals surface area contributed by atoms with Crippen molar-refractivity contribution < 1.29 is 47.9 Å². The smallest absolute Gasteiger partial charge is 0.243 e. The highest BCUT2D eigenvalue weighted by Crippen LogP contribution is 2.17. The fourth-order valence-electron chi connectivity index (χ4n) is 8.56. The van der Waals surface area contributed by atoms with Crippen molar-refractivity contribution in [3.8, 4) is 0 Å². The van der Waals surface area contributed by atoms with Crippen LogP contribution in [0.15, 0.2) is 20.0 Å². The maximum Gasteiger partial charge on any atom is 0.243 e. The summed E-state index contributed by atoms with van der Waals surface area (Å²) in [5, 5.41) is 21.3. The van der Waals surface area contributed by atoms with Crippen molar-refractivity contribution >= 4 is 82.8 Å². The monoisotopic (exact) mass is 1210 g/mol. The molecule has 31 heteroatoms. The van der Waals surface area contributed by atoms with Crippen molar-refractivity contribution in [2.45, 2.75) is 200 Å². The predicted octanol–water partition coefficient (Wildman–Crippen LogP) is -3.49. The molecule has 0 aromatic rings. The van der Waals surface area contributed by atoms with E-state index in [1.807, 2.05) is 0 Å². The molecule has 0 bridgehead atoms. The number of ketones is 1. The van der Waals surface area contributed by atoms with Gasteiger partial charge in [0.2, 0.25) is 53.2 Å². The zero-order valence-electron chi connectivity index (χ0n) is 51.3. The van der Waals surface area contributed by atoms with E-state index in [2.05, 4.69) is 69.4 Å². The number of hydrogen-bond acceptors (Lipinski definition) is 14. The molecule has 0 spiro atoms. The van der Waals surface area contributed by atoms with Crippen molar-refractivity contribution in [2.24, 2.45) is 95.2 Å². The SMILES string of the molecule is CCCCCCCC(=O)NCC(=O)N[C@@H](C)C(=O)N[C@H](C(=O)N[C@H](C(=O)N[C@@H](CC(C)C)C(=O)N[C@@H](CCCN=C(N)N)C(=O)N[C@@H](CCCN=C(N)N)C(=O)N[C@@H](CCCN=C(N)N)C(=O)[C@H](CCCN=C(N)N)C(N)=O)[C@@H](C)CC)C(C)C. The van der Waals surface area contributed by atoms with E-state index in [0.29, 0.717) is 12.8 Å². The summed E-state index contributed by atoms with van der Waals surface area (Å²) in [6, 6.07) is -9.01. The average Bonchev–Trinajstić information content (AvgIpc) is 3.57. The van der Waals surface area contributed by atoms with Gasteiger partial charge in [-0.1, -0.05) is 80.6 Å². The van der Waals surface area contributed by atoms with Crippen LogP contribution in [-0.2, 0) is 47.9 Å². The van der Waals surface area contributed by atoms with Gasteiger partial charge in [0, 0.05) is 32.6 Å². The first-order valence-corrected chi connectivity index (χ1v) is 29.4. The van der Waals surface area contributed by atoms with E-state index < -0.39 is 113 Å². The van der Waals surface area contributed by atoms with E-state index in [-0.39, 0.29) is 133 Å². The molecular formula is C54H103N21O10. The maximum atomic E-state index is 14.5. The summed E-state index contributed by atoms with van der Waals surface area (Å²) in [5.41, 5.74) is 49.8. The largest absolute Gasteiger partial charge is 0.370 e. The standard InChI is InChI=1S/C54H103N21O10/c1-9-11-12-13-14-23-39(76)68-29-40(77)69-33(8)45(80)74-41(31(5)6)49(84)75-42(32(7)10-2)50(85)73-38(28-30(3)4)48(83)72-37(22-18-27-67-54(62)63)47(82)71-36(21-17-26-66-53(60)61)46(81)70-35(20-16-25-65-52(58)59)43(78)34(44(55)79)19-15-24-64-51(56)57/h30-38,41-42H,9-29H2,1-8H3,(H2,55,79)(H,68,76)(H,69,77)(H,70,81)(H,71,82)(H,72,83)(H,73,85)(H,74,80)(H,75,84)(H4,56,57,64)(H4,58,59,65)(H4,60,61,66)(H4,62,63,67)/t32-,33-,34-,35-,36-,37-,38-,41-,42-/m0/s1. The molecule has 9 amide bonds. The molecule has 9 atom stereocenters. The number of nitrogens with zero attached hydrogens (tertiary/aromatic N) is 4. The summed E-state index contributed by atoms with van der Waals surface area (Å²) in [7, 11) is 0. The third kappa shape index (κ3) is 34.4. The number of amides is 9. The van der Waals surface area contributed by atoms with E-state index in [1.54, 1.807) is 41.5 Å². The Bertz CT molecular complexity index is 2260. The Hall–Kier alpha value is -8.02. The maximum absolute atomic E-state index is 14.5. The summed E-state index contributed by atoms with van der Waals surface area (Å²) < 4.78 is 0. The summed E-state index contributed by atoms with van der Waals surface area (Å²) in [4.78, 5) is 153. The van der Waals surface area contributed by atoms with Crippen molar-refractivity contribution in [1.82, 2.24) is 42.5 Å². The van der Waals surface area contributed by atoms with Crippen LogP contribution in [0, 0.1) is 23.7 Å². The Morgan fingerprint density at radius 2 is 0.824 bits per heavy atom. The lowest BCUT2D eigenvalue weighted by atomic mass is 9.90. The lowest BCUT2D eigenvalue weighted by Crippen LogP contribution is -2.61. The highest BCUT2D eigenvalue weighted by Gasteiger charge is 2.37. The summed E-state index contributed by atoms with van der Waals surface area (Å²) >= 11 is 0. The van der Waals surface area contributed by atoms with Gasteiger partial charge in [-0.3, -0.25) is 67.9 Å². The van der Waals surface area contributed by atoms with Crippen LogP contribution in [0.3, 0.4) is 0 Å². The van der Waals surface area contributed by atoms with Crippen molar-refractivity contribution in [3.63, 3.8) is 0 Å². The number of primary amides is 1. The van der Waals surface area contributed by atoms with E-state index >= 15 is 0 Å². The van der Waals surface area contributed by atoms with Gasteiger partial charge in [0.15, 0.2) is 29.6 Å². The zero-order valence-corrected chi connectivity index (χ0v) is 51.3. The van der Waals surface area contributed by atoms with Gasteiger partial charge in [-0.2, -0.15) is 0 Å². The van der Waals surface area contributed by atoms with Gasteiger partial charge >= 0.3 is 0 Å². The molecule has 0 aliphatic carbocycles. The molecule has 31 nitrogen and oxygen atoms in total. The number of carbonyl (C=O) groups excluding carboxylic acids is 10. The van der Waals surface area contributed by atoms with Gasteiger partial charge in [0.1, 0.15) is 36.3 Å². The number of hydrogen-bond donors (Lipinski definition) is 17. The van der Waals surface area contributed by atoms with Crippen molar-refractivity contribution in [1.29, 1.82) is 0 Å². The quantitative estimate of drug-likeness (QED) is 0.0122. The van der Waals surface area contributed by atoms with Gasteiger partial charge in [-0.15, -0.1) is 0 Å². The summed E-state index contributed by atoms with van der Waals surface area (Å²) in [6.07, 6.45) is 5.69. The number of guanidine groups is 4. The molecule has 0 saturated carbocycles. The van der Waals surface area contributed by atoms with Crippen LogP contribution < -0.4 is 94.1 Å². The molecule has 85 heavy (non-hydrogen) atoms. The molecule has 0 aliphatic rings. The lowest BCUT2D eigenvalue weighted by molar-refractivity contribution is -0.137. The third-order valence-electron chi connectivity index (χ3n) is 13.5. The highest BCUT2D eigenvalue weighted by molar-refractivity contribution is 6.05. The fourth-order valence-corrected chi connectivity index (χ4v) is 8.56. The second kappa shape index (κ2) is 42.7. The Kier molecular flexibility index (Phi) is 38.7.